The predicted molar refractivity (Wildman–Crippen MR) is 72.9 cm³/mol. The Bertz CT molecular complexity index is 533. The lowest BCUT2D eigenvalue weighted by atomic mass is 10.2. The molecule has 0 N–H and O–H groups in total. The molecule has 0 aliphatic carbocycles. The van der Waals surface area contributed by atoms with E-state index in [1.165, 1.54) is 17.0 Å². The Morgan fingerprint density at radius 3 is 2.50 bits per heavy atom. The van der Waals surface area contributed by atoms with Crippen LogP contribution < -0.4 is 4.90 Å². The summed E-state index contributed by atoms with van der Waals surface area (Å²) in [4.78, 5) is 24.8. The molecule has 0 saturated carbocycles. The number of hydrogen-bond acceptors (Lipinski definition) is 4. The first kappa shape index (κ1) is 14.5. The van der Waals surface area contributed by atoms with Gasteiger partial charge in [-0.15, -0.1) is 0 Å². The fourth-order valence-corrected chi connectivity index (χ4v) is 2.38. The molecule has 1 amide bonds. The molecule has 2 rings (SSSR count). The van der Waals surface area contributed by atoms with Crippen molar-refractivity contribution in [1.82, 2.24) is 4.90 Å². The molecule has 0 unspecified atom stereocenters. The third kappa shape index (κ3) is 2.98. The first-order chi connectivity index (χ1) is 9.52. The van der Waals surface area contributed by atoms with Crippen LogP contribution in [0.2, 0.25) is 5.02 Å². The maximum Gasteiger partial charge on any atom is 0.288 e. The highest BCUT2D eigenvalue weighted by atomic mass is 35.5. The number of nitro groups is 1. The van der Waals surface area contributed by atoms with Gasteiger partial charge in [-0.05, 0) is 12.1 Å². The number of hydrogen-bond donors (Lipinski definition) is 0. The molecule has 1 saturated heterocycles. The van der Waals surface area contributed by atoms with Crippen molar-refractivity contribution in [3.8, 4) is 0 Å². The zero-order valence-electron chi connectivity index (χ0n) is 10.6. The molecule has 1 aromatic carbocycles. The Balaban J connectivity index is 2.06. The lowest BCUT2D eigenvalue weighted by Gasteiger charge is -2.35. The Morgan fingerprint density at radius 1 is 1.35 bits per heavy atom. The summed E-state index contributed by atoms with van der Waals surface area (Å²) < 4.78 is 12.3. The van der Waals surface area contributed by atoms with Crippen molar-refractivity contribution < 1.29 is 14.1 Å². The fourth-order valence-electron chi connectivity index (χ4n) is 2.14. The summed E-state index contributed by atoms with van der Waals surface area (Å²) in [7, 11) is 0. The van der Waals surface area contributed by atoms with Crippen LogP contribution in [0, 0.1) is 10.1 Å². The number of anilines is 1. The van der Waals surface area contributed by atoms with Crippen LogP contribution in [0.25, 0.3) is 0 Å². The monoisotopic (exact) mass is 301 g/mol. The van der Waals surface area contributed by atoms with Crippen LogP contribution in [-0.4, -0.2) is 48.6 Å². The first-order valence-electron chi connectivity index (χ1n) is 6.05. The summed E-state index contributed by atoms with van der Waals surface area (Å²) in [5, 5.41) is 10.8. The molecule has 1 heterocycles. The second-order valence-corrected chi connectivity index (χ2v) is 4.80. The SMILES string of the molecule is O=C(CF)N1CCN(c2ccc([N+](=O)[O-])c(Cl)c2)CC1. The summed E-state index contributed by atoms with van der Waals surface area (Å²) in [6.45, 7) is 0.956. The van der Waals surface area contributed by atoms with Crippen LogP contribution in [0.1, 0.15) is 0 Å². The summed E-state index contributed by atoms with van der Waals surface area (Å²) in [5.41, 5.74) is 0.620. The molecule has 1 aliphatic heterocycles. The highest BCUT2D eigenvalue weighted by Gasteiger charge is 2.22. The number of benzene rings is 1. The van der Waals surface area contributed by atoms with Gasteiger partial charge in [0.05, 0.1) is 4.92 Å². The summed E-state index contributed by atoms with van der Waals surface area (Å²) in [5.74, 6) is -0.508. The Hall–Kier alpha value is -1.89. The van der Waals surface area contributed by atoms with E-state index in [9.17, 15) is 19.3 Å². The zero-order valence-corrected chi connectivity index (χ0v) is 11.3. The van der Waals surface area contributed by atoms with Crippen molar-refractivity contribution in [3.05, 3.63) is 33.3 Å². The molecule has 0 bridgehead atoms. The maximum absolute atomic E-state index is 12.3. The van der Waals surface area contributed by atoms with Crippen LogP contribution >= 0.6 is 11.6 Å². The van der Waals surface area contributed by atoms with Gasteiger partial charge in [-0.3, -0.25) is 14.9 Å². The number of alkyl halides is 1. The second-order valence-electron chi connectivity index (χ2n) is 4.39. The van der Waals surface area contributed by atoms with E-state index in [1.807, 2.05) is 4.90 Å². The maximum atomic E-state index is 12.3. The summed E-state index contributed by atoms with van der Waals surface area (Å²) >= 11 is 5.86. The van der Waals surface area contributed by atoms with E-state index in [2.05, 4.69) is 0 Å². The van der Waals surface area contributed by atoms with Crippen LogP contribution in [0.3, 0.4) is 0 Å². The van der Waals surface area contributed by atoms with E-state index >= 15 is 0 Å². The number of nitrogens with zero attached hydrogens (tertiary/aromatic N) is 3. The van der Waals surface area contributed by atoms with Crippen LogP contribution in [0.5, 0.6) is 0 Å². The number of rotatable bonds is 3. The van der Waals surface area contributed by atoms with Crippen molar-refractivity contribution in [2.45, 2.75) is 0 Å². The number of carbonyl (C=O) groups is 1. The minimum absolute atomic E-state index is 0.0785. The zero-order chi connectivity index (χ0) is 14.7. The van der Waals surface area contributed by atoms with Gasteiger partial charge in [-0.25, -0.2) is 4.39 Å². The van der Waals surface area contributed by atoms with E-state index < -0.39 is 17.5 Å². The molecule has 1 fully saturated rings. The molecule has 6 nitrogen and oxygen atoms in total. The van der Waals surface area contributed by atoms with Gasteiger partial charge in [-0.1, -0.05) is 11.6 Å². The summed E-state index contributed by atoms with van der Waals surface area (Å²) in [6, 6.07) is 4.51. The molecular formula is C12H13ClFN3O3. The molecule has 0 aromatic heterocycles. The van der Waals surface area contributed by atoms with E-state index in [1.54, 1.807) is 6.07 Å². The topological polar surface area (TPSA) is 66.7 Å². The van der Waals surface area contributed by atoms with E-state index in [4.69, 9.17) is 11.6 Å². The average molecular weight is 302 g/mol. The average Bonchev–Trinajstić information content (AvgIpc) is 2.46. The van der Waals surface area contributed by atoms with Gasteiger partial charge in [-0.2, -0.15) is 0 Å². The fraction of sp³-hybridized carbons (Fsp3) is 0.417. The van der Waals surface area contributed by atoms with Crippen molar-refractivity contribution in [2.24, 2.45) is 0 Å². The van der Waals surface area contributed by atoms with E-state index in [0.717, 1.165) is 5.69 Å². The minimum atomic E-state index is -0.983. The van der Waals surface area contributed by atoms with Gasteiger partial charge in [0.15, 0.2) is 6.67 Å². The molecule has 1 aliphatic rings. The number of piperazine rings is 1. The molecular weight excluding hydrogens is 289 g/mol. The second kappa shape index (κ2) is 6.04. The minimum Gasteiger partial charge on any atom is -0.368 e. The Labute approximate surface area is 119 Å². The van der Waals surface area contributed by atoms with Gasteiger partial charge >= 0.3 is 0 Å². The largest absolute Gasteiger partial charge is 0.368 e. The third-order valence-corrected chi connectivity index (χ3v) is 3.54. The highest BCUT2D eigenvalue weighted by Crippen LogP contribution is 2.29. The van der Waals surface area contributed by atoms with Crippen molar-refractivity contribution in [2.75, 3.05) is 37.8 Å². The Kier molecular flexibility index (Phi) is 4.39. The lowest BCUT2D eigenvalue weighted by molar-refractivity contribution is -0.384. The molecule has 1 aromatic rings. The molecule has 0 atom stereocenters. The smallest absolute Gasteiger partial charge is 0.288 e. The van der Waals surface area contributed by atoms with Crippen LogP contribution in [-0.2, 0) is 4.79 Å². The summed E-state index contributed by atoms with van der Waals surface area (Å²) in [6.07, 6.45) is 0. The first-order valence-corrected chi connectivity index (χ1v) is 6.43. The number of nitro benzene ring substituents is 1. The van der Waals surface area contributed by atoms with Crippen LogP contribution in [0.4, 0.5) is 15.8 Å². The van der Waals surface area contributed by atoms with Crippen molar-refractivity contribution >= 4 is 28.9 Å². The van der Waals surface area contributed by atoms with Gasteiger partial charge < -0.3 is 9.80 Å². The number of halogens is 2. The van der Waals surface area contributed by atoms with E-state index in [-0.39, 0.29) is 10.7 Å². The van der Waals surface area contributed by atoms with Gasteiger partial charge in [0, 0.05) is 37.9 Å². The molecule has 8 heteroatoms. The molecule has 20 heavy (non-hydrogen) atoms. The standard InChI is InChI=1S/C12H13ClFN3O3/c13-10-7-9(1-2-11(10)17(19)20)15-3-5-16(6-4-15)12(18)8-14/h1-2,7H,3-6,8H2. The van der Waals surface area contributed by atoms with Gasteiger partial charge in [0.25, 0.3) is 11.6 Å². The molecule has 0 radical (unpaired) electrons. The van der Waals surface area contributed by atoms with E-state index in [0.29, 0.717) is 26.2 Å². The lowest BCUT2D eigenvalue weighted by Crippen LogP contribution is -2.49. The Morgan fingerprint density at radius 2 is 2.00 bits per heavy atom. The number of amides is 1. The normalized spacial score (nSPS) is 15.3. The van der Waals surface area contributed by atoms with Crippen molar-refractivity contribution in [3.63, 3.8) is 0 Å². The highest BCUT2D eigenvalue weighted by molar-refractivity contribution is 6.32. The molecule has 0 spiro atoms. The van der Waals surface area contributed by atoms with Crippen LogP contribution in [0.15, 0.2) is 18.2 Å². The quantitative estimate of drug-likeness (QED) is 0.631. The molecule has 108 valence electrons. The van der Waals surface area contributed by atoms with Gasteiger partial charge in [0.2, 0.25) is 0 Å². The van der Waals surface area contributed by atoms with Gasteiger partial charge in [0.1, 0.15) is 5.02 Å². The third-order valence-electron chi connectivity index (χ3n) is 3.24. The predicted octanol–water partition coefficient (Wildman–Crippen LogP) is 1.87. The number of carbonyl (C=O) groups excluding carboxylic acids is 1. The van der Waals surface area contributed by atoms with Crippen molar-refractivity contribution in [1.29, 1.82) is 0 Å².